The third kappa shape index (κ3) is 8.16. The van der Waals surface area contributed by atoms with E-state index >= 15 is 0 Å². The summed E-state index contributed by atoms with van der Waals surface area (Å²) in [7, 11) is 1.89. The Balaban J connectivity index is 0. The zero-order valence-corrected chi connectivity index (χ0v) is 12.6. The van der Waals surface area contributed by atoms with E-state index in [-0.39, 0.29) is 13.3 Å². The second kappa shape index (κ2) is 10.3. The molecule has 0 aliphatic carbocycles. The minimum absolute atomic E-state index is 0. The number of ether oxygens (including phenoxy) is 1. The van der Waals surface area contributed by atoms with Crippen molar-refractivity contribution in [1.82, 2.24) is 5.32 Å². The average Bonchev–Trinajstić information content (AvgIpc) is 2.39. The molecule has 0 saturated heterocycles. The molecule has 108 valence electrons. The molecule has 0 unspecified atom stereocenters. The Hall–Kier alpha value is -1.61. The maximum absolute atomic E-state index is 10.8. The van der Waals surface area contributed by atoms with Crippen LogP contribution in [0.25, 0.3) is 6.08 Å². The van der Waals surface area contributed by atoms with Gasteiger partial charge in [0.15, 0.2) is 5.78 Å². The molecule has 1 N–H and O–H groups in total. The van der Waals surface area contributed by atoms with Crippen LogP contribution in [0.1, 0.15) is 34.7 Å². The van der Waals surface area contributed by atoms with Gasteiger partial charge in [0.05, 0.1) is 0 Å². The fourth-order valence-corrected chi connectivity index (χ4v) is 1.47. The largest absolute Gasteiger partial charge is 0.489 e. The lowest BCUT2D eigenvalue weighted by atomic mass is 10.2. The van der Waals surface area contributed by atoms with E-state index in [0.29, 0.717) is 0 Å². The average molecular weight is 265 g/mol. The number of hydrogen-bond donors (Lipinski definition) is 1. The van der Waals surface area contributed by atoms with Crippen molar-refractivity contribution < 1.29 is 11.0 Å². The molecule has 0 aromatic heterocycles. The highest BCUT2D eigenvalue weighted by Gasteiger charge is 2.02. The van der Waals surface area contributed by atoms with Crippen LogP contribution in [-0.2, 0) is 4.79 Å². The summed E-state index contributed by atoms with van der Waals surface area (Å²) in [5.74, 6) is 0.860. The molecule has 0 amide bonds. The molecule has 0 saturated carbocycles. The highest BCUT2D eigenvalue weighted by atomic mass is 16.5. The van der Waals surface area contributed by atoms with Gasteiger partial charge in [0.25, 0.3) is 0 Å². The summed E-state index contributed by atoms with van der Waals surface area (Å²) in [6, 6.07) is 7.69. The predicted octanol–water partition coefficient (Wildman–Crippen LogP) is 3.55. The second-order valence-electron chi connectivity index (χ2n) is 4.00. The van der Waals surface area contributed by atoms with E-state index in [1.165, 1.54) is 6.92 Å². The van der Waals surface area contributed by atoms with Crippen LogP contribution in [0.4, 0.5) is 0 Å². The first-order valence-corrected chi connectivity index (χ1v) is 6.72. The van der Waals surface area contributed by atoms with Crippen molar-refractivity contribution in [3.63, 3.8) is 0 Å². The molecule has 0 aliphatic rings. The monoisotopic (exact) mass is 265 g/mol. The van der Waals surface area contributed by atoms with Gasteiger partial charge < -0.3 is 10.1 Å². The van der Waals surface area contributed by atoms with Gasteiger partial charge >= 0.3 is 0 Å². The minimum Gasteiger partial charge on any atom is -0.489 e. The van der Waals surface area contributed by atoms with Gasteiger partial charge in [-0.2, -0.15) is 0 Å². The van der Waals surface area contributed by atoms with E-state index in [9.17, 15) is 4.79 Å². The Labute approximate surface area is 118 Å². The van der Waals surface area contributed by atoms with E-state index in [4.69, 9.17) is 4.74 Å². The van der Waals surface area contributed by atoms with Gasteiger partial charge in [0, 0.05) is 7.97 Å². The first-order chi connectivity index (χ1) is 9.11. The Morgan fingerprint density at radius 2 is 2.16 bits per heavy atom. The molecular formula is C16H27NO2. The zero-order chi connectivity index (χ0) is 14.7. The van der Waals surface area contributed by atoms with Crippen molar-refractivity contribution in [2.45, 2.75) is 33.8 Å². The number of nitrogens with one attached hydrogen (secondary N) is 1. The van der Waals surface area contributed by atoms with E-state index < -0.39 is 0 Å². The number of hydrogen-bond acceptors (Lipinski definition) is 3. The molecule has 1 aromatic carbocycles. The number of carbonyl (C=O) groups excluding carboxylic acids is 1. The first-order valence-electron chi connectivity index (χ1n) is 6.72. The first kappa shape index (κ1) is 17.4. The maximum Gasteiger partial charge on any atom is 0.152 e. The van der Waals surface area contributed by atoms with Gasteiger partial charge in [0.2, 0.25) is 0 Å². The lowest BCUT2D eigenvalue weighted by molar-refractivity contribution is -0.112. The highest BCUT2D eigenvalue weighted by Crippen LogP contribution is 2.15. The van der Waals surface area contributed by atoms with Gasteiger partial charge in [-0.25, -0.2) is 0 Å². The highest BCUT2D eigenvalue weighted by molar-refractivity contribution is 5.91. The molecule has 1 aromatic rings. The minimum atomic E-state index is 0. The molecule has 0 radical (unpaired) electrons. The quantitative estimate of drug-likeness (QED) is 0.799. The maximum atomic E-state index is 10.8. The summed E-state index contributed by atoms with van der Waals surface area (Å²) in [4.78, 5) is 10.8. The summed E-state index contributed by atoms with van der Waals surface area (Å²) < 4.78 is 5.72. The van der Waals surface area contributed by atoms with Crippen molar-refractivity contribution in [3.8, 4) is 5.75 Å². The van der Waals surface area contributed by atoms with Crippen molar-refractivity contribution in [1.29, 1.82) is 0 Å². The molecule has 1 atom stereocenters. The molecule has 0 heterocycles. The van der Waals surface area contributed by atoms with E-state index in [0.717, 1.165) is 17.9 Å². The van der Waals surface area contributed by atoms with Gasteiger partial charge in [0.1, 0.15) is 11.9 Å². The van der Waals surface area contributed by atoms with E-state index in [1.54, 1.807) is 12.2 Å². The Morgan fingerprint density at radius 1 is 1.47 bits per heavy atom. The van der Waals surface area contributed by atoms with Gasteiger partial charge in [-0.3, -0.25) is 4.79 Å². The zero-order valence-electron chi connectivity index (χ0n) is 12.6. The van der Waals surface area contributed by atoms with Crippen LogP contribution in [0.5, 0.6) is 5.75 Å². The normalized spacial score (nSPS) is 11.6. The molecule has 3 heteroatoms. The number of ketones is 1. The van der Waals surface area contributed by atoms with E-state index in [1.807, 2.05) is 52.1 Å². The van der Waals surface area contributed by atoms with Crippen LogP contribution in [0, 0.1) is 0 Å². The Bertz CT molecular complexity index is 405. The SMILES string of the molecule is CC.CNC[C@@H](C)Oc1cccc(/C=C/C(C)=O)c1.[HH]. The molecule has 19 heavy (non-hydrogen) atoms. The van der Waals surface area contributed by atoms with Gasteiger partial charge in [-0.15, -0.1) is 0 Å². The number of allylic oxidation sites excluding steroid dienone is 1. The molecular weight excluding hydrogens is 238 g/mol. The van der Waals surface area contributed by atoms with Crippen LogP contribution in [0.3, 0.4) is 0 Å². The number of likely N-dealkylation sites (N-methyl/N-ethyl adjacent to an activating group) is 1. The third-order valence-electron chi connectivity index (χ3n) is 2.20. The predicted molar refractivity (Wildman–Crippen MR) is 83.6 cm³/mol. The molecule has 1 rings (SSSR count). The molecule has 0 spiro atoms. The molecule has 0 aliphatic heterocycles. The fraction of sp³-hybridized carbons (Fsp3) is 0.438. The lowest BCUT2D eigenvalue weighted by Gasteiger charge is -2.14. The summed E-state index contributed by atoms with van der Waals surface area (Å²) in [5, 5.41) is 3.06. The molecule has 3 nitrogen and oxygen atoms in total. The second-order valence-corrected chi connectivity index (χ2v) is 4.00. The number of rotatable bonds is 6. The number of benzene rings is 1. The number of carbonyl (C=O) groups is 1. The summed E-state index contributed by atoms with van der Waals surface area (Å²) in [6.07, 6.45) is 3.46. The van der Waals surface area contributed by atoms with Gasteiger partial charge in [-0.1, -0.05) is 32.1 Å². The smallest absolute Gasteiger partial charge is 0.152 e. The fourth-order valence-electron chi connectivity index (χ4n) is 1.47. The van der Waals surface area contributed by atoms with Crippen molar-refractivity contribution in [2.24, 2.45) is 0 Å². The van der Waals surface area contributed by atoms with Crippen molar-refractivity contribution >= 4 is 11.9 Å². The third-order valence-corrected chi connectivity index (χ3v) is 2.20. The van der Waals surface area contributed by atoms with Crippen LogP contribution >= 0.6 is 0 Å². The van der Waals surface area contributed by atoms with Gasteiger partial charge in [-0.05, 0) is 44.7 Å². The van der Waals surface area contributed by atoms with Crippen molar-refractivity contribution in [2.75, 3.05) is 13.6 Å². The topological polar surface area (TPSA) is 38.3 Å². The van der Waals surface area contributed by atoms with Crippen LogP contribution in [0.15, 0.2) is 30.3 Å². The molecule has 0 bridgehead atoms. The Kier molecular flexibility index (Phi) is 9.45. The van der Waals surface area contributed by atoms with Crippen LogP contribution < -0.4 is 10.1 Å². The lowest BCUT2D eigenvalue weighted by Crippen LogP contribution is -2.25. The van der Waals surface area contributed by atoms with E-state index in [2.05, 4.69) is 5.32 Å². The van der Waals surface area contributed by atoms with Crippen molar-refractivity contribution in [3.05, 3.63) is 35.9 Å². The Morgan fingerprint density at radius 3 is 2.74 bits per heavy atom. The summed E-state index contributed by atoms with van der Waals surface area (Å²) in [6.45, 7) is 8.34. The molecule has 0 fully saturated rings. The summed E-state index contributed by atoms with van der Waals surface area (Å²) in [5.41, 5.74) is 0.967. The van der Waals surface area contributed by atoms with Crippen LogP contribution in [0.2, 0.25) is 0 Å². The summed E-state index contributed by atoms with van der Waals surface area (Å²) >= 11 is 0. The standard InChI is InChI=1S/C14H19NO2.C2H6.H2/c1-11(16)7-8-13-5-4-6-14(9-13)17-12(2)10-15-3;1-2;/h4-9,12,15H,10H2,1-3H3;1-2H3;1H/b8-7+;;/t12-;;/m1../s1. The van der Waals surface area contributed by atoms with Crippen LogP contribution in [-0.4, -0.2) is 25.5 Å².